The van der Waals surface area contributed by atoms with Gasteiger partial charge < -0.3 is 10.0 Å². The van der Waals surface area contributed by atoms with E-state index in [0.29, 0.717) is 18.9 Å². The van der Waals surface area contributed by atoms with Crippen LogP contribution in [0.3, 0.4) is 0 Å². The van der Waals surface area contributed by atoms with Gasteiger partial charge in [-0.05, 0) is 24.5 Å². The Kier molecular flexibility index (Phi) is 3.62. The van der Waals surface area contributed by atoms with Crippen LogP contribution in [0.5, 0.6) is 0 Å². The minimum atomic E-state index is -1.16. The number of hydrogen-bond donors (Lipinski definition) is 1. The SMILES string of the molecule is CC(C)c1ccc(N2CC[C@@H](O)[C@H](F)C2)cn1. The van der Waals surface area contributed by atoms with Crippen molar-refractivity contribution >= 4 is 5.69 Å². The summed E-state index contributed by atoms with van der Waals surface area (Å²) in [6.45, 7) is 5.13. The van der Waals surface area contributed by atoms with Gasteiger partial charge >= 0.3 is 0 Å². The van der Waals surface area contributed by atoms with Gasteiger partial charge in [-0.25, -0.2) is 4.39 Å². The van der Waals surface area contributed by atoms with Gasteiger partial charge in [-0.15, -0.1) is 0 Å². The Balaban J connectivity index is 2.07. The van der Waals surface area contributed by atoms with Gasteiger partial charge in [0, 0.05) is 12.2 Å². The summed E-state index contributed by atoms with van der Waals surface area (Å²) in [6, 6.07) is 3.96. The zero-order valence-electron chi connectivity index (χ0n) is 10.3. The quantitative estimate of drug-likeness (QED) is 0.857. The van der Waals surface area contributed by atoms with Crippen LogP contribution in [0.25, 0.3) is 0 Å². The molecule has 94 valence electrons. The predicted molar refractivity (Wildman–Crippen MR) is 66.1 cm³/mol. The average Bonchev–Trinajstić information content (AvgIpc) is 2.33. The lowest BCUT2D eigenvalue weighted by Gasteiger charge is -2.33. The third kappa shape index (κ3) is 2.75. The molecular formula is C13H19FN2O. The monoisotopic (exact) mass is 238 g/mol. The van der Waals surface area contributed by atoms with E-state index in [0.717, 1.165) is 11.4 Å². The average molecular weight is 238 g/mol. The Morgan fingerprint density at radius 1 is 1.47 bits per heavy atom. The number of pyridine rings is 1. The summed E-state index contributed by atoms with van der Waals surface area (Å²) in [5, 5.41) is 9.34. The molecule has 0 bridgehead atoms. The minimum absolute atomic E-state index is 0.254. The smallest absolute Gasteiger partial charge is 0.143 e. The van der Waals surface area contributed by atoms with Crippen molar-refractivity contribution in [2.24, 2.45) is 0 Å². The molecule has 0 radical (unpaired) electrons. The van der Waals surface area contributed by atoms with Crippen LogP contribution in [-0.4, -0.2) is 35.5 Å². The zero-order valence-corrected chi connectivity index (χ0v) is 10.3. The molecule has 0 aliphatic carbocycles. The molecule has 2 atom stereocenters. The highest BCUT2D eigenvalue weighted by atomic mass is 19.1. The number of rotatable bonds is 2. The summed E-state index contributed by atoms with van der Waals surface area (Å²) in [5.41, 5.74) is 1.98. The molecule has 1 aromatic heterocycles. The van der Waals surface area contributed by atoms with Crippen LogP contribution < -0.4 is 4.90 Å². The normalized spacial score (nSPS) is 25.4. The van der Waals surface area contributed by atoms with Gasteiger partial charge in [0.15, 0.2) is 0 Å². The number of alkyl halides is 1. The van der Waals surface area contributed by atoms with E-state index in [-0.39, 0.29) is 6.54 Å². The van der Waals surface area contributed by atoms with Crippen molar-refractivity contribution in [1.82, 2.24) is 4.98 Å². The van der Waals surface area contributed by atoms with E-state index in [2.05, 4.69) is 18.8 Å². The first-order valence-corrected chi connectivity index (χ1v) is 6.11. The van der Waals surface area contributed by atoms with Crippen molar-refractivity contribution in [3.8, 4) is 0 Å². The van der Waals surface area contributed by atoms with Gasteiger partial charge in [-0.2, -0.15) is 0 Å². The highest BCUT2D eigenvalue weighted by Crippen LogP contribution is 2.22. The second-order valence-corrected chi connectivity index (χ2v) is 4.91. The number of halogens is 1. The van der Waals surface area contributed by atoms with E-state index in [9.17, 15) is 9.50 Å². The van der Waals surface area contributed by atoms with E-state index < -0.39 is 12.3 Å². The van der Waals surface area contributed by atoms with Crippen LogP contribution in [0.4, 0.5) is 10.1 Å². The first-order valence-electron chi connectivity index (χ1n) is 6.11. The summed E-state index contributed by atoms with van der Waals surface area (Å²) >= 11 is 0. The molecule has 1 aliphatic rings. The molecule has 0 saturated carbocycles. The van der Waals surface area contributed by atoms with Gasteiger partial charge in [0.1, 0.15) is 6.17 Å². The molecule has 17 heavy (non-hydrogen) atoms. The standard InChI is InChI=1S/C13H19FN2O/c1-9(2)12-4-3-10(7-15-12)16-6-5-13(17)11(14)8-16/h3-4,7,9,11,13,17H,5-6,8H2,1-2H3/t11-,13-/m1/s1. The lowest BCUT2D eigenvalue weighted by atomic mass is 10.1. The number of aliphatic hydroxyl groups excluding tert-OH is 1. The minimum Gasteiger partial charge on any atom is -0.390 e. The topological polar surface area (TPSA) is 36.4 Å². The Morgan fingerprint density at radius 2 is 2.24 bits per heavy atom. The molecule has 1 N–H and O–H groups in total. The number of anilines is 1. The van der Waals surface area contributed by atoms with E-state index in [4.69, 9.17) is 0 Å². The highest BCUT2D eigenvalue weighted by Gasteiger charge is 2.27. The Morgan fingerprint density at radius 3 is 2.76 bits per heavy atom. The molecule has 4 heteroatoms. The lowest BCUT2D eigenvalue weighted by Crippen LogP contribution is -2.44. The largest absolute Gasteiger partial charge is 0.390 e. The Labute approximate surface area is 101 Å². The molecule has 0 unspecified atom stereocenters. The van der Waals surface area contributed by atoms with Gasteiger partial charge in [0.2, 0.25) is 0 Å². The van der Waals surface area contributed by atoms with Crippen molar-refractivity contribution in [2.45, 2.75) is 38.5 Å². The maximum absolute atomic E-state index is 13.4. The van der Waals surface area contributed by atoms with Crippen LogP contribution in [0.15, 0.2) is 18.3 Å². The summed E-state index contributed by atoms with van der Waals surface area (Å²) in [6.07, 6.45) is 0.301. The molecule has 2 rings (SSSR count). The molecule has 1 aromatic rings. The molecule has 0 spiro atoms. The fourth-order valence-corrected chi connectivity index (χ4v) is 2.05. The number of hydrogen-bond acceptors (Lipinski definition) is 3. The molecule has 1 aliphatic heterocycles. The number of piperidine rings is 1. The van der Waals surface area contributed by atoms with Gasteiger partial charge in [-0.3, -0.25) is 4.98 Å². The predicted octanol–water partition coefficient (Wildman–Crippen LogP) is 2.11. The van der Waals surface area contributed by atoms with Crippen molar-refractivity contribution in [3.63, 3.8) is 0 Å². The molecule has 3 nitrogen and oxygen atoms in total. The van der Waals surface area contributed by atoms with Gasteiger partial charge in [0.25, 0.3) is 0 Å². The van der Waals surface area contributed by atoms with Crippen LogP contribution >= 0.6 is 0 Å². The molecule has 0 amide bonds. The van der Waals surface area contributed by atoms with E-state index >= 15 is 0 Å². The van der Waals surface area contributed by atoms with Crippen molar-refractivity contribution in [2.75, 3.05) is 18.0 Å². The van der Waals surface area contributed by atoms with Crippen LogP contribution in [-0.2, 0) is 0 Å². The Bertz CT molecular complexity index is 366. The first-order chi connectivity index (χ1) is 8.08. The maximum Gasteiger partial charge on any atom is 0.143 e. The summed E-state index contributed by atoms with van der Waals surface area (Å²) in [5.74, 6) is 0.404. The number of nitrogens with zero attached hydrogens (tertiary/aromatic N) is 2. The summed E-state index contributed by atoms with van der Waals surface area (Å²) < 4.78 is 13.4. The molecule has 1 saturated heterocycles. The fourth-order valence-electron chi connectivity index (χ4n) is 2.05. The number of aliphatic hydroxyl groups is 1. The van der Waals surface area contributed by atoms with Gasteiger partial charge in [-0.1, -0.05) is 13.8 Å². The second-order valence-electron chi connectivity index (χ2n) is 4.91. The van der Waals surface area contributed by atoms with E-state index in [1.807, 2.05) is 17.0 Å². The van der Waals surface area contributed by atoms with E-state index in [1.165, 1.54) is 0 Å². The molecule has 0 aromatic carbocycles. The van der Waals surface area contributed by atoms with E-state index in [1.54, 1.807) is 6.20 Å². The van der Waals surface area contributed by atoms with Crippen molar-refractivity contribution in [3.05, 3.63) is 24.0 Å². The molecule has 1 fully saturated rings. The third-order valence-corrected chi connectivity index (χ3v) is 3.23. The number of aromatic nitrogens is 1. The molecular weight excluding hydrogens is 219 g/mol. The van der Waals surface area contributed by atoms with Crippen LogP contribution in [0.2, 0.25) is 0 Å². The Hall–Kier alpha value is -1.16. The van der Waals surface area contributed by atoms with Gasteiger partial charge in [0.05, 0.1) is 24.5 Å². The molecule has 2 heterocycles. The van der Waals surface area contributed by atoms with Crippen molar-refractivity contribution < 1.29 is 9.50 Å². The maximum atomic E-state index is 13.4. The second kappa shape index (κ2) is 5.00. The first kappa shape index (κ1) is 12.3. The van der Waals surface area contributed by atoms with Crippen molar-refractivity contribution in [1.29, 1.82) is 0 Å². The summed E-state index contributed by atoms with van der Waals surface area (Å²) in [4.78, 5) is 6.31. The lowest BCUT2D eigenvalue weighted by molar-refractivity contribution is 0.0615. The van der Waals surface area contributed by atoms with Crippen LogP contribution in [0.1, 0.15) is 31.9 Å². The fraction of sp³-hybridized carbons (Fsp3) is 0.615. The summed E-state index contributed by atoms with van der Waals surface area (Å²) in [7, 11) is 0. The third-order valence-electron chi connectivity index (χ3n) is 3.23. The van der Waals surface area contributed by atoms with Crippen LogP contribution in [0, 0.1) is 0 Å². The highest BCUT2D eigenvalue weighted by molar-refractivity contribution is 5.45. The zero-order chi connectivity index (χ0) is 12.4.